The van der Waals surface area contributed by atoms with Gasteiger partial charge in [0, 0.05) is 44.6 Å². The van der Waals surface area contributed by atoms with Crippen LogP contribution in [0, 0.1) is 0 Å². The largest absolute Gasteiger partial charge is 0.300 e. The Bertz CT molecular complexity index is 2130. The molecule has 0 radical (unpaired) electrons. The highest BCUT2D eigenvalue weighted by atomic mass is 32.1. The molecule has 0 saturated carbocycles. The number of nitrogens with zero attached hydrogens (tertiary/aromatic N) is 4. The van der Waals surface area contributed by atoms with E-state index in [-0.39, 0.29) is 0 Å². The van der Waals surface area contributed by atoms with Crippen molar-refractivity contribution >= 4 is 48.2 Å². The van der Waals surface area contributed by atoms with Gasteiger partial charge < -0.3 is 0 Å². The van der Waals surface area contributed by atoms with Crippen LogP contribution in [0.2, 0.25) is 0 Å². The van der Waals surface area contributed by atoms with Gasteiger partial charge in [-0.2, -0.15) is 0 Å². The van der Waals surface area contributed by atoms with Crippen LogP contribution in [0.25, 0.3) is 70.6 Å². The number of hydrogen-bond acceptors (Lipinski definition) is 4. The van der Waals surface area contributed by atoms with E-state index in [0.717, 1.165) is 50.5 Å². The molecule has 4 aromatic heterocycles. The Kier molecular flexibility index (Phi) is 4.66. The summed E-state index contributed by atoms with van der Waals surface area (Å²) in [5.74, 6) is 0.718. The lowest BCUT2D eigenvalue weighted by Gasteiger charge is -2.13. The van der Waals surface area contributed by atoms with Gasteiger partial charge in [-0.15, -0.1) is 11.3 Å². The zero-order valence-corrected chi connectivity index (χ0v) is 21.1. The molecular weight excluding hydrogens is 484 g/mol. The normalized spacial score (nSPS) is 11.7. The van der Waals surface area contributed by atoms with Crippen molar-refractivity contribution in [2.24, 2.45) is 0 Å². The van der Waals surface area contributed by atoms with E-state index in [1.165, 1.54) is 20.2 Å². The first-order valence-corrected chi connectivity index (χ1v) is 13.4. The monoisotopic (exact) mass is 504 g/mol. The maximum Gasteiger partial charge on any atom is 0.159 e. The Morgan fingerprint density at radius 2 is 1.39 bits per heavy atom. The van der Waals surface area contributed by atoms with E-state index in [0.29, 0.717) is 0 Å². The van der Waals surface area contributed by atoms with E-state index in [4.69, 9.17) is 15.0 Å². The predicted octanol–water partition coefficient (Wildman–Crippen LogP) is 8.65. The third-order valence-corrected chi connectivity index (χ3v) is 8.26. The van der Waals surface area contributed by atoms with E-state index in [2.05, 4.69) is 89.5 Å². The molecule has 4 nitrogen and oxygen atoms in total. The van der Waals surface area contributed by atoms with Crippen LogP contribution in [0.15, 0.2) is 122 Å². The third-order valence-electron chi connectivity index (χ3n) is 7.09. The molecule has 0 spiro atoms. The van der Waals surface area contributed by atoms with Gasteiger partial charge in [-0.05, 0) is 29.8 Å². The number of benzene rings is 4. The van der Waals surface area contributed by atoms with Crippen LogP contribution >= 0.6 is 11.3 Å². The van der Waals surface area contributed by atoms with E-state index in [1.807, 2.05) is 36.5 Å². The summed E-state index contributed by atoms with van der Waals surface area (Å²) < 4.78 is 4.61. The highest BCUT2D eigenvalue weighted by Crippen LogP contribution is 2.45. The number of thiophene rings is 1. The van der Waals surface area contributed by atoms with Crippen LogP contribution in [-0.2, 0) is 0 Å². The molecular formula is C33H20N4S. The number of pyridine rings is 1. The maximum absolute atomic E-state index is 5.16. The van der Waals surface area contributed by atoms with Crippen LogP contribution < -0.4 is 0 Å². The van der Waals surface area contributed by atoms with Gasteiger partial charge in [0.05, 0.1) is 15.9 Å². The average molecular weight is 505 g/mol. The summed E-state index contributed by atoms with van der Waals surface area (Å²) in [7, 11) is 0. The summed E-state index contributed by atoms with van der Waals surface area (Å²) in [5.41, 5.74) is 8.17. The number of rotatable bonds is 3. The van der Waals surface area contributed by atoms with E-state index < -0.39 is 0 Å². The molecule has 0 unspecified atom stereocenters. The second-order valence-electron chi connectivity index (χ2n) is 9.32. The van der Waals surface area contributed by atoms with Crippen molar-refractivity contribution in [3.63, 3.8) is 0 Å². The molecule has 0 fully saturated rings. The van der Waals surface area contributed by atoms with Crippen LogP contribution in [0.3, 0.4) is 0 Å². The smallest absolute Gasteiger partial charge is 0.159 e. The minimum absolute atomic E-state index is 0.718. The Hall–Kier alpha value is -4.87. The molecule has 0 atom stereocenters. The Morgan fingerprint density at radius 3 is 2.24 bits per heavy atom. The molecule has 178 valence electrons. The van der Waals surface area contributed by atoms with E-state index >= 15 is 0 Å². The van der Waals surface area contributed by atoms with Crippen molar-refractivity contribution in [3.05, 3.63) is 122 Å². The molecule has 0 aliphatic heterocycles. The van der Waals surface area contributed by atoms with Crippen molar-refractivity contribution in [1.82, 2.24) is 19.4 Å². The highest BCUT2D eigenvalue weighted by molar-refractivity contribution is 7.26. The zero-order valence-electron chi connectivity index (χ0n) is 20.2. The molecule has 4 heterocycles. The molecule has 0 N–H and O–H groups in total. The van der Waals surface area contributed by atoms with Crippen LogP contribution in [-0.4, -0.2) is 19.4 Å². The summed E-state index contributed by atoms with van der Waals surface area (Å²) in [4.78, 5) is 15.1. The standard InChI is InChI=1S/C33H20N4S/c1-3-11-21(12-4-1)30-25(20-34-33(36-30)22-13-5-2-6-14-22)24-19-26-31(35-28-17-9-10-18-37(26)28)32-29(24)23-15-7-8-16-27(23)38-32/h1-20H. The molecule has 0 aliphatic carbocycles. The predicted molar refractivity (Wildman–Crippen MR) is 157 cm³/mol. The van der Waals surface area contributed by atoms with Crippen molar-refractivity contribution < 1.29 is 0 Å². The highest BCUT2D eigenvalue weighted by Gasteiger charge is 2.21. The number of imidazole rings is 1. The van der Waals surface area contributed by atoms with Crippen molar-refractivity contribution in [2.75, 3.05) is 0 Å². The molecule has 0 saturated heterocycles. The van der Waals surface area contributed by atoms with Crippen LogP contribution in [0.4, 0.5) is 0 Å². The lowest BCUT2D eigenvalue weighted by Crippen LogP contribution is -1.96. The summed E-state index contributed by atoms with van der Waals surface area (Å²) in [6.45, 7) is 0. The molecule has 8 aromatic rings. The molecule has 5 heteroatoms. The van der Waals surface area contributed by atoms with E-state index in [1.54, 1.807) is 11.3 Å². The summed E-state index contributed by atoms with van der Waals surface area (Å²) in [6.07, 6.45) is 4.08. The van der Waals surface area contributed by atoms with Gasteiger partial charge in [0.25, 0.3) is 0 Å². The fourth-order valence-electron chi connectivity index (χ4n) is 5.34. The summed E-state index contributed by atoms with van der Waals surface area (Å²) >= 11 is 1.80. The number of fused-ring (bicyclic) bond motifs is 7. The first-order valence-electron chi connectivity index (χ1n) is 12.5. The quantitative estimate of drug-likeness (QED) is 0.242. The van der Waals surface area contributed by atoms with Crippen LogP contribution in [0.1, 0.15) is 0 Å². The number of hydrogen-bond donors (Lipinski definition) is 0. The van der Waals surface area contributed by atoms with Gasteiger partial charge in [-0.1, -0.05) is 84.9 Å². The first-order chi connectivity index (χ1) is 18.8. The summed E-state index contributed by atoms with van der Waals surface area (Å²) in [6, 6.07) is 37.6. The molecule has 8 rings (SSSR count). The maximum atomic E-state index is 5.16. The van der Waals surface area contributed by atoms with E-state index in [9.17, 15) is 0 Å². The van der Waals surface area contributed by atoms with Crippen molar-refractivity contribution in [1.29, 1.82) is 0 Å². The van der Waals surface area contributed by atoms with Crippen molar-refractivity contribution in [3.8, 4) is 33.8 Å². The zero-order chi connectivity index (χ0) is 25.1. The molecule has 38 heavy (non-hydrogen) atoms. The fourth-order valence-corrected chi connectivity index (χ4v) is 6.56. The topological polar surface area (TPSA) is 43.1 Å². The lowest BCUT2D eigenvalue weighted by molar-refractivity contribution is 1.18. The van der Waals surface area contributed by atoms with Gasteiger partial charge in [0.1, 0.15) is 11.2 Å². The first kappa shape index (κ1) is 21.2. The average Bonchev–Trinajstić information content (AvgIpc) is 3.56. The van der Waals surface area contributed by atoms with Crippen LogP contribution in [0.5, 0.6) is 0 Å². The van der Waals surface area contributed by atoms with Gasteiger partial charge in [0.15, 0.2) is 5.82 Å². The second kappa shape index (κ2) is 8.33. The van der Waals surface area contributed by atoms with Gasteiger partial charge in [0.2, 0.25) is 0 Å². The SMILES string of the molecule is c1ccc(-c2ncc(-c3cc4c(nc5ccccn54)c4sc5ccccc5c34)c(-c3ccccc3)n2)cc1. The molecule has 0 amide bonds. The molecule has 0 aliphatic rings. The minimum atomic E-state index is 0.718. The third kappa shape index (κ3) is 3.19. The fraction of sp³-hybridized carbons (Fsp3) is 0. The summed E-state index contributed by atoms with van der Waals surface area (Å²) in [5, 5.41) is 2.43. The Balaban J connectivity index is 1.52. The minimum Gasteiger partial charge on any atom is -0.300 e. The lowest BCUT2D eigenvalue weighted by atomic mass is 9.95. The molecule has 4 aromatic carbocycles. The van der Waals surface area contributed by atoms with Gasteiger partial charge >= 0.3 is 0 Å². The molecule has 0 bridgehead atoms. The number of aromatic nitrogens is 4. The second-order valence-corrected chi connectivity index (χ2v) is 10.4. The van der Waals surface area contributed by atoms with Crippen molar-refractivity contribution in [2.45, 2.75) is 0 Å². The van der Waals surface area contributed by atoms with Gasteiger partial charge in [-0.25, -0.2) is 15.0 Å². The Labute approximate surface area is 222 Å². The Morgan fingerprint density at radius 1 is 0.658 bits per heavy atom. The van der Waals surface area contributed by atoms with Gasteiger partial charge in [-0.3, -0.25) is 4.40 Å².